The summed E-state index contributed by atoms with van der Waals surface area (Å²) in [6.07, 6.45) is 5.28. The molecule has 3 N–H and O–H groups in total. The van der Waals surface area contributed by atoms with Crippen LogP contribution in [0.4, 0.5) is 0 Å². The van der Waals surface area contributed by atoms with Gasteiger partial charge in [-0.2, -0.15) is 5.10 Å². The minimum atomic E-state index is -3.99. The zero-order valence-corrected chi connectivity index (χ0v) is 13.2. The van der Waals surface area contributed by atoms with E-state index >= 15 is 0 Å². The molecule has 118 valence electrons. The number of hydrogen-bond donors (Lipinski definition) is 2. The van der Waals surface area contributed by atoms with E-state index in [9.17, 15) is 13.2 Å². The second-order valence-corrected chi connectivity index (χ2v) is 7.03. The number of nitrogens with two attached hydrogens (primary N) is 1. The SMILES string of the molecule is CCCc1[nH]nc(C(=O)N(C)C2CCCC2)c1S(N)(=O)=O. The van der Waals surface area contributed by atoms with Crippen molar-refractivity contribution >= 4 is 15.9 Å². The van der Waals surface area contributed by atoms with Gasteiger partial charge in [0.2, 0.25) is 10.0 Å². The lowest BCUT2D eigenvalue weighted by Gasteiger charge is -2.23. The summed E-state index contributed by atoms with van der Waals surface area (Å²) in [5.74, 6) is -0.385. The molecule has 1 aliphatic carbocycles. The van der Waals surface area contributed by atoms with Crippen molar-refractivity contribution < 1.29 is 13.2 Å². The first kappa shape index (κ1) is 16.0. The smallest absolute Gasteiger partial charge is 0.275 e. The van der Waals surface area contributed by atoms with Crippen molar-refractivity contribution in [3.05, 3.63) is 11.4 Å². The maximum atomic E-state index is 12.5. The van der Waals surface area contributed by atoms with Crippen LogP contribution in [0.15, 0.2) is 4.90 Å². The van der Waals surface area contributed by atoms with Gasteiger partial charge in [-0.05, 0) is 19.3 Å². The van der Waals surface area contributed by atoms with E-state index in [0.29, 0.717) is 12.1 Å². The number of carbonyl (C=O) groups is 1. The second-order valence-electron chi connectivity index (χ2n) is 5.53. The summed E-state index contributed by atoms with van der Waals surface area (Å²) in [6.45, 7) is 1.92. The normalized spacial score (nSPS) is 16.3. The maximum absolute atomic E-state index is 12.5. The predicted molar refractivity (Wildman–Crippen MR) is 78.3 cm³/mol. The zero-order valence-electron chi connectivity index (χ0n) is 12.4. The van der Waals surface area contributed by atoms with Gasteiger partial charge in [-0.15, -0.1) is 0 Å². The van der Waals surface area contributed by atoms with E-state index in [0.717, 1.165) is 32.1 Å². The molecule has 21 heavy (non-hydrogen) atoms. The van der Waals surface area contributed by atoms with Gasteiger partial charge in [0.05, 0.1) is 5.69 Å². The average molecular weight is 314 g/mol. The molecule has 1 saturated carbocycles. The first-order valence-electron chi connectivity index (χ1n) is 7.23. The third kappa shape index (κ3) is 3.26. The Bertz CT molecular complexity index is 617. The van der Waals surface area contributed by atoms with Crippen LogP contribution in [0.2, 0.25) is 0 Å². The molecule has 1 heterocycles. The minimum absolute atomic E-state index is 0.0876. The Morgan fingerprint density at radius 3 is 2.57 bits per heavy atom. The van der Waals surface area contributed by atoms with Crippen LogP contribution in [0.1, 0.15) is 55.2 Å². The van der Waals surface area contributed by atoms with Crippen LogP contribution in [-0.4, -0.2) is 42.5 Å². The average Bonchev–Trinajstić information content (AvgIpc) is 3.05. The Kier molecular flexibility index (Phi) is 4.67. The molecule has 0 aliphatic heterocycles. The van der Waals surface area contributed by atoms with Gasteiger partial charge < -0.3 is 4.90 Å². The minimum Gasteiger partial charge on any atom is -0.337 e. The standard InChI is InChI=1S/C13H22N4O3S/c1-3-6-10-12(21(14,19)20)11(16-15-10)13(18)17(2)9-7-4-5-8-9/h9H,3-8H2,1-2H3,(H,15,16)(H2,14,19,20). The Hall–Kier alpha value is -1.41. The van der Waals surface area contributed by atoms with Gasteiger partial charge in [0.15, 0.2) is 5.69 Å². The number of nitrogens with zero attached hydrogens (tertiary/aromatic N) is 2. The van der Waals surface area contributed by atoms with Crippen LogP contribution in [0, 0.1) is 0 Å². The van der Waals surface area contributed by atoms with Gasteiger partial charge in [0.25, 0.3) is 5.91 Å². The molecule has 1 fully saturated rings. The van der Waals surface area contributed by atoms with E-state index in [4.69, 9.17) is 5.14 Å². The van der Waals surface area contributed by atoms with Crippen LogP contribution in [-0.2, 0) is 16.4 Å². The quantitative estimate of drug-likeness (QED) is 0.845. The number of rotatable bonds is 5. The summed E-state index contributed by atoms with van der Waals surface area (Å²) in [4.78, 5) is 14.0. The molecule has 1 aromatic rings. The summed E-state index contributed by atoms with van der Waals surface area (Å²) >= 11 is 0. The van der Waals surface area contributed by atoms with E-state index in [2.05, 4.69) is 10.2 Å². The monoisotopic (exact) mass is 314 g/mol. The number of nitrogens with one attached hydrogen (secondary N) is 1. The molecule has 7 nitrogen and oxygen atoms in total. The van der Waals surface area contributed by atoms with Gasteiger partial charge in [-0.25, -0.2) is 13.6 Å². The zero-order chi connectivity index (χ0) is 15.6. The highest BCUT2D eigenvalue weighted by Crippen LogP contribution is 2.25. The van der Waals surface area contributed by atoms with Crippen molar-refractivity contribution in [2.45, 2.75) is 56.4 Å². The van der Waals surface area contributed by atoms with Crippen molar-refractivity contribution in [3.8, 4) is 0 Å². The lowest BCUT2D eigenvalue weighted by Crippen LogP contribution is -2.36. The number of carbonyl (C=O) groups excluding carboxylic acids is 1. The van der Waals surface area contributed by atoms with Crippen molar-refractivity contribution in [2.24, 2.45) is 5.14 Å². The van der Waals surface area contributed by atoms with Crippen LogP contribution in [0.5, 0.6) is 0 Å². The molecule has 0 bridgehead atoms. The van der Waals surface area contributed by atoms with E-state index in [1.165, 1.54) is 0 Å². The third-order valence-electron chi connectivity index (χ3n) is 3.97. The number of aryl methyl sites for hydroxylation is 1. The highest BCUT2D eigenvalue weighted by Gasteiger charge is 2.32. The van der Waals surface area contributed by atoms with E-state index in [1.54, 1.807) is 11.9 Å². The molecule has 8 heteroatoms. The number of amides is 1. The van der Waals surface area contributed by atoms with Gasteiger partial charge in [0, 0.05) is 13.1 Å². The van der Waals surface area contributed by atoms with Gasteiger partial charge in [-0.1, -0.05) is 26.2 Å². The van der Waals surface area contributed by atoms with Crippen LogP contribution in [0.25, 0.3) is 0 Å². The molecular weight excluding hydrogens is 292 g/mol. The van der Waals surface area contributed by atoms with Crippen LogP contribution in [0.3, 0.4) is 0 Å². The fraction of sp³-hybridized carbons (Fsp3) is 0.692. The Labute approximate surface area is 124 Å². The van der Waals surface area contributed by atoms with Gasteiger partial charge >= 0.3 is 0 Å². The Morgan fingerprint density at radius 2 is 2.05 bits per heavy atom. The third-order valence-corrected chi connectivity index (χ3v) is 4.98. The van der Waals surface area contributed by atoms with Crippen LogP contribution < -0.4 is 5.14 Å². The van der Waals surface area contributed by atoms with Gasteiger partial charge in [0.1, 0.15) is 4.90 Å². The molecule has 0 saturated heterocycles. The Morgan fingerprint density at radius 1 is 1.43 bits per heavy atom. The highest BCUT2D eigenvalue weighted by molar-refractivity contribution is 7.89. The first-order chi connectivity index (χ1) is 9.86. The molecule has 0 aromatic carbocycles. The number of sulfonamides is 1. The number of hydrogen-bond acceptors (Lipinski definition) is 4. The Balaban J connectivity index is 2.36. The van der Waals surface area contributed by atoms with Crippen molar-refractivity contribution in [2.75, 3.05) is 7.05 Å². The van der Waals surface area contributed by atoms with Crippen molar-refractivity contribution in [1.29, 1.82) is 0 Å². The van der Waals surface area contributed by atoms with Crippen molar-refractivity contribution in [3.63, 3.8) is 0 Å². The molecular formula is C13H22N4O3S. The fourth-order valence-electron chi connectivity index (χ4n) is 2.86. The molecule has 1 aliphatic rings. The summed E-state index contributed by atoms with van der Waals surface area (Å²) in [7, 11) is -2.29. The summed E-state index contributed by atoms with van der Waals surface area (Å²) in [5.41, 5.74) is 0.318. The van der Waals surface area contributed by atoms with Crippen molar-refractivity contribution in [1.82, 2.24) is 15.1 Å². The highest BCUT2D eigenvalue weighted by atomic mass is 32.2. The summed E-state index contributed by atoms with van der Waals surface area (Å²) in [6, 6.07) is 0.150. The summed E-state index contributed by atoms with van der Waals surface area (Å²) < 4.78 is 23.6. The maximum Gasteiger partial charge on any atom is 0.275 e. The molecule has 0 radical (unpaired) electrons. The second kappa shape index (κ2) is 6.15. The van der Waals surface area contributed by atoms with Gasteiger partial charge in [-0.3, -0.25) is 9.89 Å². The summed E-state index contributed by atoms with van der Waals surface area (Å²) in [5, 5.41) is 11.8. The molecule has 1 aromatic heterocycles. The lowest BCUT2D eigenvalue weighted by atomic mass is 10.2. The molecule has 0 unspecified atom stereocenters. The molecule has 0 atom stereocenters. The molecule has 2 rings (SSSR count). The number of aromatic amines is 1. The molecule has 1 amide bonds. The number of H-pyrrole nitrogens is 1. The van der Waals surface area contributed by atoms with E-state index in [1.807, 2.05) is 6.92 Å². The molecule has 0 spiro atoms. The first-order valence-corrected chi connectivity index (χ1v) is 8.78. The van der Waals surface area contributed by atoms with E-state index in [-0.39, 0.29) is 22.5 Å². The predicted octanol–water partition coefficient (Wildman–Crippen LogP) is 1.02. The topological polar surface area (TPSA) is 109 Å². The fourth-order valence-corrected chi connectivity index (χ4v) is 3.76. The van der Waals surface area contributed by atoms with E-state index < -0.39 is 10.0 Å². The number of primary sulfonamides is 1. The lowest BCUT2D eigenvalue weighted by molar-refractivity contribution is 0.0725. The number of aromatic nitrogens is 2. The largest absolute Gasteiger partial charge is 0.337 e. The van der Waals surface area contributed by atoms with Crippen LogP contribution >= 0.6 is 0 Å².